The van der Waals surface area contributed by atoms with Gasteiger partial charge in [-0.3, -0.25) is 0 Å². The SMILES string of the molecule is c1cc(-c2cc3ccccc3o2)cc(-c2ccc(N(c3ccc(-c4ccc5c(ccc6ccccc65)c4)cc3)c3ccc4ccccc4c3)c3ccccc23)c1. The Labute approximate surface area is 325 Å². The van der Waals surface area contributed by atoms with Gasteiger partial charge in [-0.15, -0.1) is 0 Å². The van der Waals surface area contributed by atoms with Crippen LogP contribution in [0.5, 0.6) is 0 Å². The summed E-state index contributed by atoms with van der Waals surface area (Å²) >= 11 is 0. The Morgan fingerprint density at radius 2 is 0.946 bits per heavy atom. The van der Waals surface area contributed by atoms with Crippen LogP contribution < -0.4 is 4.90 Å². The van der Waals surface area contributed by atoms with E-state index >= 15 is 0 Å². The van der Waals surface area contributed by atoms with Gasteiger partial charge in [0.25, 0.3) is 0 Å². The fraction of sp³-hybridized carbons (Fsp3) is 0. The molecule has 11 rings (SSSR count). The van der Waals surface area contributed by atoms with Gasteiger partial charge in [-0.25, -0.2) is 0 Å². The molecule has 0 aliphatic carbocycles. The molecule has 11 aromatic rings. The van der Waals surface area contributed by atoms with Crippen molar-refractivity contribution in [1.29, 1.82) is 0 Å². The molecule has 0 unspecified atom stereocenters. The van der Waals surface area contributed by atoms with Crippen LogP contribution in [0, 0.1) is 0 Å². The van der Waals surface area contributed by atoms with Gasteiger partial charge in [-0.2, -0.15) is 0 Å². The number of hydrogen-bond acceptors (Lipinski definition) is 2. The molecule has 0 N–H and O–H groups in total. The van der Waals surface area contributed by atoms with Gasteiger partial charge < -0.3 is 9.32 Å². The molecule has 0 aliphatic heterocycles. The Balaban J connectivity index is 1.03. The monoisotopic (exact) mass is 713 g/mol. The van der Waals surface area contributed by atoms with Gasteiger partial charge in [0, 0.05) is 27.7 Å². The van der Waals surface area contributed by atoms with Crippen molar-refractivity contribution in [3.05, 3.63) is 212 Å². The third-order valence-corrected chi connectivity index (χ3v) is 11.2. The summed E-state index contributed by atoms with van der Waals surface area (Å²) < 4.78 is 6.28. The topological polar surface area (TPSA) is 16.4 Å². The first-order valence-electron chi connectivity index (χ1n) is 19.2. The molecule has 0 saturated heterocycles. The van der Waals surface area contributed by atoms with Crippen molar-refractivity contribution in [3.63, 3.8) is 0 Å². The molecule has 0 atom stereocenters. The van der Waals surface area contributed by atoms with E-state index in [2.05, 4.69) is 199 Å². The standard InChI is InChI=1S/C54H35NO/c1-2-12-39-34-46(28-24-36(39)10-1)55(45-26-22-37(23-27-45)40-25-29-48-42(32-40)21-20-38-11-3-5-16-47(38)48)52-31-30-49(50-17-6-7-18-51(50)52)41-14-9-15-43(33-41)54-35-44-13-4-8-19-53(44)56-54/h1-35H. The van der Waals surface area contributed by atoms with Crippen molar-refractivity contribution in [2.45, 2.75) is 0 Å². The van der Waals surface area contributed by atoms with Crippen molar-refractivity contribution < 1.29 is 4.42 Å². The second-order valence-electron chi connectivity index (χ2n) is 14.5. The van der Waals surface area contributed by atoms with E-state index in [1.165, 1.54) is 59.8 Å². The molecule has 0 saturated carbocycles. The lowest BCUT2D eigenvalue weighted by Crippen LogP contribution is -2.10. The molecule has 0 spiro atoms. The summed E-state index contributed by atoms with van der Waals surface area (Å²) in [6, 6.07) is 76.6. The average molecular weight is 714 g/mol. The van der Waals surface area contributed by atoms with E-state index in [1.807, 2.05) is 18.2 Å². The summed E-state index contributed by atoms with van der Waals surface area (Å²) in [5.41, 5.74) is 10.0. The molecule has 262 valence electrons. The fourth-order valence-corrected chi connectivity index (χ4v) is 8.43. The molecule has 0 amide bonds. The normalized spacial score (nSPS) is 11.6. The van der Waals surface area contributed by atoms with Crippen molar-refractivity contribution >= 4 is 71.1 Å². The van der Waals surface area contributed by atoms with Gasteiger partial charge in [0.2, 0.25) is 0 Å². The average Bonchev–Trinajstić information content (AvgIpc) is 3.71. The first-order chi connectivity index (χ1) is 27.7. The molecule has 0 radical (unpaired) electrons. The van der Waals surface area contributed by atoms with E-state index in [0.717, 1.165) is 44.9 Å². The smallest absolute Gasteiger partial charge is 0.135 e. The molecule has 2 nitrogen and oxygen atoms in total. The Bertz CT molecular complexity index is 3230. The molecule has 0 aliphatic rings. The number of anilines is 3. The van der Waals surface area contributed by atoms with E-state index in [-0.39, 0.29) is 0 Å². The highest BCUT2D eigenvalue weighted by Gasteiger charge is 2.19. The van der Waals surface area contributed by atoms with E-state index in [9.17, 15) is 0 Å². The van der Waals surface area contributed by atoms with Crippen LogP contribution in [-0.4, -0.2) is 0 Å². The minimum atomic E-state index is 0.872. The number of benzene rings is 10. The molecule has 10 aromatic carbocycles. The maximum Gasteiger partial charge on any atom is 0.135 e. The summed E-state index contributed by atoms with van der Waals surface area (Å²) in [5, 5.41) is 11.0. The predicted molar refractivity (Wildman–Crippen MR) is 237 cm³/mol. The van der Waals surface area contributed by atoms with Crippen LogP contribution in [-0.2, 0) is 0 Å². The van der Waals surface area contributed by atoms with Crippen LogP contribution in [0.2, 0.25) is 0 Å². The minimum absolute atomic E-state index is 0.872. The number of rotatable bonds is 6. The summed E-state index contributed by atoms with van der Waals surface area (Å²) in [4.78, 5) is 2.40. The van der Waals surface area contributed by atoms with Crippen molar-refractivity contribution in [1.82, 2.24) is 0 Å². The summed E-state index contributed by atoms with van der Waals surface area (Å²) in [5.74, 6) is 0.872. The Hall–Kier alpha value is -7.42. The van der Waals surface area contributed by atoms with Crippen LogP contribution in [0.4, 0.5) is 17.1 Å². The first-order valence-corrected chi connectivity index (χ1v) is 19.2. The zero-order valence-corrected chi connectivity index (χ0v) is 30.6. The number of furan rings is 1. The van der Waals surface area contributed by atoms with Crippen LogP contribution in [0.3, 0.4) is 0 Å². The lowest BCUT2D eigenvalue weighted by atomic mass is 9.94. The van der Waals surface area contributed by atoms with Crippen LogP contribution in [0.15, 0.2) is 217 Å². The highest BCUT2D eigenvalue weighted by Crippen LogP contribution is 2.44. The number of hydrogen-bond donors (Lipinski definition) is 0. The molecule has 0 fully saturated rings. The number of nitrogens with zero attached hydrogens (tertiary/aromatic N) is 1. The van der Waals surface area contributed by atoms with Crippen LogP contribution in [0.25, 0.3) is 87.6 Å². The van der Waals surface area contributed by atoms with Gasteiger partial charge in [-0.05, 0) is 115 Å². The largest absolute Gasteiger partial charge is 0.456 e. The quantitative estimate of drug-likeness (QED) is 0.160. The molecular weight excluding hydrogens is 679 g/mol. The summed E-state index contributed by atoms with van der Waals surface area (Å²) in [7, 11) is 0. The van der Waals surface area contributed by atoms with Gasteiger partial charge >= 0.3 is 0 Å². The lowest BCUT2D eigenvalue weighted by Gasteiger charge is -2.28. The number of para-hydroxylation sites is 1. The zero-order valence-electron chi connectivity index (χ0n) is 30.6. The second kappa shape index (κ2) is 13.2. The van der Waals surface area contributed by atoms with E-state index in [0.29, 0.717) is 0 Å². The van der Waals surface area contributed by atoms with Crippen LogP contribution >= 0.6 is 0 Å². The van der Waals surface area contributed by atoms with Gasteiger partial charge in [0.1, 0.15) is 11.3 Å². The third kappa shape index (κ3) is 5.51. The minimum Gasteiger partial charge on any atom is -0.456 e. The molecular formula is C54H35NO. The summed E-state index contributed by atoms with van der Waals surface area (Å²) in [6.07, 6.45) is 0. The molecule has 1 heterocycles. The molecule has 2 heteroatoms. The fourth-order valence-electron chi connectivity index (χ4n) is 8.43. The highest BCUT2D eigenvalue weighted by atomic mass is 16.3. The maximum atomic E-state index is 6.28. The van der Waals surface area contributed by atoms with Crippen LogP contribution in [0.1, 0.15) is 0 Å². The molecule has 1 aromatic heterocycles. The number of fused-ring (bicyclic) bond motifs is 6. The Morgan fingerprint density at radius 3 is 1.80 bits per heavy atom. The highest BCUT2D eigenvalue weighted by molar-refractivity contribution is 6.09. The predicted octanol–water partition coefficient (Wildman–Crippen LogP) is 15.5. The lowest BCUT2D eigenvalue weighted by molar-refractivity contribution is 0.631. The molecule has 0 bridgehead atoms. The van der Waals surface area contributed by atoms with E-state index < -0.39 is 0 Å². The Kier molecular flexibility index (Phi) is 7.53. The van der Waals surface area contributed by atoms with Crippen molar-refractivity contribution in [3.8, 4) is 33.6 Å². The maximum absolute atomic E-state index is 6.28. The molecule has 56 heavy (non-hydrogen) atoms. The van der Waals surface area contributed by atoms with Crippen molar-refractivity contribution in [2.75, 3.05) is 4.90 Å². The first kappa shape index (κ1) is 32.0. The van der Waals surface area contributed by atoms with E-state index in [1.54, 1.807) is 0 Å². The van der Waals surface area contributed by atoms with Gasteiger partial charge in [0.05, 0.1) is 5.69 Å². The van der Waals surface area contributed by atoms with Gasteiger partial charge in [0.15, 0.2) is 0 Å². The van der Waals surface area contributed by atoms with Crippen molar-refractivity contribution in [2.24, 2.45) is 0 Å². The summed E-state index contributed by atoms with van der Waals surface area (Å²) in [6.45, 7) is 0. The Morgan fingerprint density at radius 1 is 0.304 bits per heavy atom. The zero-order chi connectivity index (χ0) is 37.0. The third-order valence-electron chi connectivity index (χ3n) is 11.2. The van der Waals surface area contributed by atoms with E-state index in [4.69, 9.17) is 4.42 Å². The van der Waals surface area contributed by atoms with Gasteiger partial charge in [-0.1, -0.05) is 158 Å². The second-order valence-corrected chi connectivity index (χ2v) is 14.5.